The van der Waals surface area contributed by atoms with Gasteiger partial charge >= 0.3 is 0 Å². The van der Waals surface area contributed by atoms with Crippen LogP contribution in [0.1, 0.15) is 36.2 Å². The van der Waals surface area contributed by atoms with E-state index < -0.39 is 0 Å². The molecule has 0 radical (unpaired) electrons. The predicted octanol–water partition coefficient (Wildman–Crippen LogP) is 2.78. The number of amides is 1. The highest BCUT2D eigenvalue weighted by molar-refractivity contribution is 5.77. The van der Waals surface area contributed by atoms with Gasteiger partial charge in [-0.05, 0) is 50.8 Å². The van der Waals surface area contributed by atoms with Gasteiger partial charge in [0.2, 0.25) is 5.95 Å². The van der Waals surface area contributed by atoms with E-state index in [1.165, 1.54) is 19.3 Å². The van der Waals surface area contributed by atoms with Crippen molar-refractivity contribution in [2.75, 3.05) is 24.6 Å². The number of aromatic nitrogens is 2. The molecule has 2 heterocycles. The number of rotatable bonds is 6. The predicted molar refractivity (Wildman–Crippen MR) is 101 cm³/mol. The lowest BCUT2D eigenvalue weighted by molar-refractivity contribution is -0.123. The Hall–Kier alpha value is -2.63. The number of para-hydroxylation sites is 1. The summed E-state index contributed by atoms with van der Waals surface area (Å²) >= 11 is 0. The number of nitrogens with one attached hydrogen (secondary N) is 1. The highest BCUT2D eigenvalue weighted by Crippen LogP contribution is 2.17. The monoisotopic (exact) mass is 354 g/mol. The number of ether oxygens (including phenoxy) is 1. The summed E-state index contributed by atoms with van der Waals surface area (Å²) in [5, 5.41) is 2.87. The minimum Gasteiger partial charge on any atom is -0.484 e. The molecule has 138 valence electrons. The molecular formula is C20H26N4O2. The molecular weight excluding hydrogens is 328 g/mol. The van der Waals surface area contributed by atoms with Crippen molar-refractivity contribution in [2.24, 2.45) is 0 Å². The molecule has 0 bridgehead atoms. The topological polar surface area (TPSA) is 67.3 Å². The smallest absolute Gasteiger partial charge is 0.258 e. The van der Waals surface area contributed by atoms with Crippen molar-refractivity contribution in [1.29, 1.82) is 0 Å². The summed E-state index contributed by atoms with van der Waals surface area (Å²) in [6.07, 6.45) is 3.63. The summed E-state index contributed by atoms with van der Waals surface area (Å²) < 4.78 is 5.58. The largest absolute Gasteiger partial charge is 0.484 e. The summed E-state index contributed by atoms with van der Waals surface area (Å²) in [7, 11) is 0. The van der Waals surface area contributed by atoms with E-state index in [0.717, 1.165) is 41.7 Å². The average Bonchev–Trinajstić information content (AvgIpc) is 2.66. The van der Waals surface area contributed by atoms with Gasteiger partial charge in [-0.3, -0.25) is 4.79 Å². The van der Waals surface area contributed by atoms with Crippen LogP contribution >= 0.6 is 0 Å². The van der Waals surface area contributed by atoms with E-state index >= 15 is 0 Å². The van der Waals surface area contributed by atoms with E-state index in [2.05, 4.69) is 20.2 Å². The Bertz CT molecular complexity index is 757. The second-order valence-corrected chi connectivity index (χ2v) is 6.68. The van der Waals surface area contributed by atoms with Gasteiger partial charge in [-0.2, -0.15) is 0 Å². The molecule has 6 heteroatoms. The van der Waals surface area contributed by atoms with Crippen molar-refractivity contribution in [3.05, 3.63) is 47.3 Å². The van der Waals surface area contributed by atoms with Crippen LogP contribution in [-0.2, 0) is 11.3 Å². The van der Waals surface area contributed by atoms with Crippen molar-refractivity contribution >= 4 is 11.9 Å². The summed E-state index contributed by atoms with van der Waals surface area (Å²) in [6, 6.07) is 9.57. The van der Waals surface area contributed by atoms with Gasteiger partial charge in [0.15, 0.2) is 6.61 Å². The van der Waals surface area contributed by atoms with Gasteiger partial charge in [0.25, 0.3) is 5.91 Å². The van der Waals surface area contributed by atoms with Crippen molar-refractivity contribution in [1.82, 2.24) is 15.3 Å². The molecule has 0 atom stereocenters. The molecule has 3 rings (SSSR count). The lowest BCUT2D eigenvalue weighted by Gasteiger charge is -2.27. The zero-order valence-corrected chi connectivity index (χ0v) is 15.5. The highest BCUT2D eigenvalue weighted by atomic mass is 16.5. The molecule has 1 aliphatic heterocycles. The molecule has 0 spiro atoms. The Labute approximate surface area is 154 Å². The van der Waals surface area contributed by atoms with Crippen LogP contribution in [0.4, 0.5) is 5.95 Å². The van der Waals surface area contributed by atoms with Crippen LogP contribution in [-0.4, -0.2) is 35.6 Å². The molecule has 2 aromatic rings. The summed E-state index contributed by atoms with van der Waals surface area (Å²) in [5.74, 6) is 1.34. The number of nitrogens with zero attached hydrogens (tertiary/aromatic N) is 3. The highest BCUT2D eigenvalue weighted by Gasteiger charge is 2.15. The van der Waals surface area contributed by atoms with E-state index in [-0.39, 0.29) is 12.5 Å². The van der Waals surface area contributed by atoms with E-state index in [0.29, 0.717) is 6.54 Å². The molecule has 1 aromatic heterocycles. The molecule has 1 amide bonds. The molecule has 6 nitrogen and oxygen atoms in total. The fraction of sp³-hybridized carbons (Fsp3) is 0.450. The van der Waals surface area contributed by atoms with E-state index in [1.54, 1.807) is 0 Å². The first kappa shape index (κ1) is 18.2. The van der Waals surface area contributed by atoms with E-state index in [1.807, 2.05) is 44.2 Å². The third-order valence-corrected chi connectivity index (χ3v) is 4.45. The fourth-order valence-electron chi connectivity index (χ4n) is 3.04. The van der Waals surface area contributed by atoms with Crippen LogP contribution in [0.25, 0.3) is 0 Å². The summed E-state index contributed by atoms with van der Waals surface area (Å²) in [6.45, 7) is 6.29. The normalized spacial score (nSPS) is 14.2. The Morgan fingerprint density at radius 2 is 1.92 bits per heavy atom. The van der Waals surface area contributed by atoms with E-state index in [4.69, 9.17) is 4.74 Å². The number of aryl methyl sites for hydroxylation is 2. The van der Waals surface area contributed by atoms with Gasteiger partial charge in [0, 0.05) is 18.8 Å². The first-order valence-corrected chi connectivity index (χ1v) is 9.16. The second kappa shape index (κ2) is 8.65. The number of benzene rings is 1. The molecule has 0 aliphatic carbocycles. The SMILES string of the molecule is Cc1cc(CNC(=O)COc2ccccc2C)nc(N2CCCCC2)n1. The first-order valence-electron chi connectivity index (χ1n) is 9.16. The van der Waals surface area contributed by atoms with Crippen molar-refractivity contribution in [3.8, 4) is 5.75 Å². The lowest BCUT2D eigenvalue weighted by atomic mass is 10.1. The molecule has 0 saturated carbocycles. The van der Waals surface area contributed by atoms with Gasteiger partial charge in [0.1, 0.15) is 5.75 Å². The Morgan fingerprint density at radius 3 is 2.69 bits per heavy atom. The first-order chi connectivity index (χ1) is 12.6. The van der Waals surface area contributed by atoms with Crippen LogP contribution < -0.4 is 15.0 Å². The van der Waals surface area contributed by atoms with Crippen LogP contribution in [0, 0.1) is 13.8 Å². The molecule has 26 heavy (non-hydrogen) atoms. The van der Waals surface area contributed by atoms with Crippen LogP contribution in [0.2, 0.25) is 0 Å². The molecule has 1 N–H and O–H groups in total. The molecule has 1 saturated heterocycles. The van der Waals surface area contributed by atoms with Crippen molar-refractivity contribution in [2.45, 2.75) is 39.7 Å². The lowest BCUT2D eigenvalue weighted by Crippen LogP contribution is -2.32. The number of hydrogen-bond donors (Lipinski definition) is 1. The summed E-state index contributed by atoms with van der Waals surface area (Å²) in [5.41, 5.74) is 2.75. The third-order valence-electron chi connectivity index (χ3n) is 4.45. The van der Waals surface area contributed by atoms with Gasteiger partial charge in [-0.15, -0.1) is 0 Å². The minimum atomic E-state index is -0.163. The number of carbonyl (C=O) groups is 1. The van der Waals surface area contributed by atoms with Gasteiger partial charge in [-0.1, -0.05) is 18.2 Å². The van der Waals surface area contributed by atoms with Crippen LogP contribution in [0.15, 0.2) is 30.3 Å². The summed E-state index contributed by atoms with van der Waals surface area (Å²) in [4.78, 5) is 23.5. The van der Waals surface area contributed by atoms with E-state index in [9.17, 15) is 4.79 Å². The van der Waals surface area contributed by atoms with Crippen LogP contribution in [0.5, 0.6) is 5.75 Å². The van der Waals surface area contributed by atoms with Gasteiger partial charge in [-0.25, -0.2) is 9.97 Å². The van der Waals surface area contributed by atoms with Gasteiger partial charge in [0.05, 0.1) is 12.2 Å². The second-order valence-electron chi connectivity index (χ2n) is 6.68. The molecule has 0 unspecified atom stereocenters. The zero-order valence-electron chi connectivity index (χ0n) is 15.5. The Balaban J connectivity index is 1.54. The quantitative estimate of drug-likeness (QED) is 0.864. The van der Waals surface area contributed by atoms with Gasteiger partial charge < -0.3 is 15.0 Å². The Morgan fingerprint density at radius 1 is 1.15 bits per heavy atom. The number of piperidine rings is 1. The standard InChI is InChI=1S/C20H26N4O2/c1-15-8-4-5-9-18(15)26-14-19(25)21-13-17-12-16(2)22-20(23-17)24-10-6-3-7-11-24/h4-5,8-9,12H,3,6-7,10-11,13-14H2,1-2H3,(H,21,25). The molecule has 1 fully saturated rings. The number of hydrogen-bond acceptors (Lipinski definition) is 5. The van der Waals surface area contributed by atoms with Crippen molar-refractivity contribution < 1.29 is 9.53 Å². The zero-order chi connectivity index (χ0) is 18.4. The minimum absolute atomic E-state index is 0.00605. The van der Waals surface area contributed by atoms with Crippen LogP contribution in [0.3, 0.4) is 0 Å². The Kier molecular flexibility index (Phi) is 6.04. The maximum atomic E-state index is 12.1. The average molecular weight is 354 g/mol. The third kappa shape index (κ3) is 4.94. The maximum Gasteiger partial charge on any atom is 0.258 e. The number of carbonyl (C=O) groups excluding carboxylic acids is 1. The molecule has 1 aliphatic rings. The van der Waals surface area contributed by atoms with Crippen molar-refractivity contribution in [3.63, 3.8) is 0 Å². The fourth-order valence-corrected chi connectivity index (χ4v) is 3.04. The number of anilines is 1. The molecule has 1 aromatic carbocycles. The maximum absolute atomic E-state index is 12.1.